The molecule has 0 saturated heterocycles. The largest absolute Gasteiger partial charge is 0.481 e. The smallest absolute Gasteiger partial charge is 0.303 e. The van der Waals surface area contributed by atoms with Gasteiger partial charge in [0.15, 0.2) is 0 Å². The molecule has 8 bridgehead atoms. The maximum atomic E-state index is 11.6. The van der Waals surface area contributed by atoms with Gasteiger partial charge in [-0.05, 0) is 109 Å². The van der Waals surface area contributed by atoms with Gasteiger partial charge in [-0.15, -0.1) is 0 Å². The average Bonchev–Trinajstić information content (AvgIpc) is 3.67. The Labute approximate surface area is 257 Å². The highest BCUT2D eigenvalue weighted by atomic mass is 16.4. The fourth-order valence-electron chi connectivity index (χ4n) is 6.54. The Hall–Kier alpha value is -4.72. The molecule has 8 nitrogen and oxygen atoms in total. The summed E-state index contributed by atoms with van der Waals surface area (Å²) in [5, 5.41) is 19.0. The van der Waals surface area contributed by atoms with Crippen LogP contribution >= 0.6 is 0 Å². The number of hydrogen-bond donors (Lipinski definition) is 4. The van der Waals surface area contributed by atoms with E-state index in [0.717, 1.165) is 86.1 Å². The Bertz CT molecular complexity index is 1920. The lowest BCUT2D eigenvalue weighted by molar-refractivity contribution is -0.137. The van der Waals surface area contributed by atoms with E-state index >= 15 is 0 Å². The normalized spacial score (nSPS) is 13.1. The first-order valence-electron chi connectivity index (χ1n) is 15.4. The summed E-state index contributed by atoms with van der Waals surface area (Å²) in [5.41, 5.74) is 15.0. The molecule has 3 aromatic heterocycles. The Morgan fingerprint density at radius 3 is 1.55 bits per heavy atom. The number of hydrogen-bond acceptors (Lipinski definition) is 4. The second kappa shape index (κ2) is 12.5. The molecule has 5 heterocycles. The lowest BCUT2D eigenvalue weighted by Gasteiger charge is -2.05. The number of aromatic amines is 2. The van der Waals surface area contributed by atoms with Crippen LogP contribution in [0.3, 0.4) is 0 Å². The minimum atomic E-state index is -0.876. The number of aryl methyl sites for hydroxylation is 3. The van der Waals surface area contributed by atoms with Gasteiger partial charge in [-0.25, -0.2) is 9.97 Å². The van der Waals surface area contributed by atoms with Crippen LogP contribution < -0.4 is 0 Å². The summed E-state index contributed by atoms with van der Waals surface area (Å²) in [7, 11) is 0. The summed E-state index contributed by atoms with van der Waals surface area (Å²) < 4.78 is 0. The lowest BCUT2D eigenvalue weighted by Crippen LogP contribution is -1.97. The summed E-state index contributed by atoms with van der Waals surface area (Å²) in [4.78, 5) is 40.5. The van der Waals surface area contributed by atoms with E-state index in [9.17, 15) is 19.8 Å². The van der Waals surface area contributed by atoms with Crippen molar-refractivity contribution < 1.29 is 19.8 Å². The molecular formula is C36H40N4O4. The van der Waals surface area contributed by atoms with Crippen molar-refractivity contribution in [2.75, 3.05) is 0 Å². The fourth-order valence-corrected chi connectivity index (χ4v) is 6.54. The molecule has 0 saturated carbocycles. The standard InChI is InChI=1S/C36H40N4O4/c1-7-21-23(9-3)31-17-32-24(10-4)22(8-2)30(40-32)16-28-20(6)26(12-14-36(43)44)34(38-28)18-33-25(11-13-35(41)42)19(5)27(37-33)15-29(21)39-31/h9,15-18,39-40H,3,7-8,10-14H2,1-2,4-6H3,(H,41,42)(H,43,44). The number of nitrogens with zero attached hydrogens (tertiary/aromatic N) is 2. The Balaban J connectivity index is 1.95. The van der Waals surface area contributed by atoms with Gasteiger partial charge in [0.05, 0.1) is 22.8 Å². The third-order valence-corrected chi connectivity index (χ3v) is 8.83. The van der Waals surface area contributed by atoms with E-state index in [1.165, 1.54) is 11.1 Å². The van der Waals surface area contributed by atoms with E-state index in [0.29, 0.717) is 24.2 Å². The van der Waals surface area contributed by atoms with E-state index in [4.69, 9.17) is 9.97 Å². The van der Waals surface area contributed by atoms with Crippen LogP contribution in [0, 0.1) is 0 Å². The molecule has 3 aromatic rings. The molecule has 0 aromatic carbocycles. The summed E-state index contributed by atoms with van der Waals surface area (Å²) >= 11 is 0. The van der Waals surface area contributed by atoms with Gasteiger partial charge in [0.25, 0.3) is 0 Å². The molecule has 2 aliphatic rings. The molecule has 44 heavy (non-hydrogen) atoms. The van der Waals surface area contributed by atoms with Gasteiger partial charge in [-0.3, -0.25) is 9.59 Å². The highest BCUT2D eigenvalue weighted by molar-refractivity contribution is 5.96. The van der Waals surface area contributed by atoms with Gasteiger partial charge in [0.2, 0.25) is 0 Å². The van der Waals surface area contributed by atoms with Crippen LogP contribution in [0.1, 0.15) is 105 Å². The molecule has 4 N–H and O–H groups in total. The van der Waals surface area contributed by atoms with Crippen LogP contribution in [0.15, 0.2) is 30.8 Å². The van der Waals surface area contributed by atoms with Crippen molar-refractivity contribution in [1.29, 1.82) is 0 Å². The van der Waals surface area contributed by atoms with Crippen LogP contribution in [0.25, 0.3) is 50.4 Å². The number of carbonyl (C=O) groups is 2. The van der Waals surface area contributed by atoms with Gasteiger partial charge >= 0.3 is 11.9 Å². The first-order chi connectivity index (χ1) is 21.1. The summed E-state index contributed by atoms with van der Waals surface area (Å²) in [6.45, 7) is 14.5. The quantitative estimate of drug-likeness (QED) is 0.187. The number of H-pyrrole nitrogens is 2. The Kier molecular flexibility index (Phi) is 8.72. The topological polar surface area (TPSA) is 132 Å². The van der Waals surface area contributed by atoms with E-state index in [1.54, 1.807) is 0 Å². The van der Waals surface area contributed by atoms with Gasteiger partial charge < -0.3 is 20.2 Å². The SMILES string of the molecule is C=Cc1c(CC)c2cc3nc(cc4nc(cc5[nH]c(cc1[nH]2)c(CC)c5CC)C(C)=C4CCC(=O)O)C(CCC(=O)O)=C3C. The summed E-state index contributed by atoms with van der Waals surface area (Å²) in [6, 6.07) is 8.17. The first-order valence-corrected chi connectivity index (χ1v) is 15.4. The molecule has 8 heteroatoms. The monoisotopic (exact) mass is 592 g/mol. The van der Waals surface area contributed by atoms with Gasteiger partial charge in [-0.1, -0.05) is 33.4 Å². The van der Waals surface area contributed by atoms with Gasteiger partial charge in [0, 0.05) is 40.5 Å². The molecule has 0 radical (unpaired) electrons. The zero-order chi connectivity index (χ0) is 31.7. The molecule has 5 rings (SSSR count). The molecule has 0 fully saturated rings. The zero-order valence-corrected chi connectivity index (χ0v) is 26.1. The number of fused-ring (bicyclic) bond motifs is 8. The average molecular weight is 593 g/mol. The molecule has 228 valence electrons. The zero-order valence-electron chi connectivity index (χ0n) is 26.1. The van der Waals surface area contributed by atoms with Crippen molar-refractivity contribution in [3.05, 3.63) is 75.9 Å². The van der Waals surface area contributed by atoms with Crippen LogP contribution in [0.5, 0.6) is 0 Å². The molecule has 0 aliphatic carbocycles. The summed E-state index contributed by atoms with van der Waals surface area (Å²) in [6.07, 6.45) is 5.00. The molecular weight excluding hydrogens is 552 g/mol. The van der Waals surface area contributed by atoms with E-state index in [1.807, 2.05) is 32.1 Å². The Morgan fingerprint density at radius 2 is 1.11 bits per heavy atom. The van der Waals surface area contributed by atoms with Crippen LogP contribution in [-0.2, 0) is 28.9 Å². The van der Waals surface area contributed by atoms with Crippen molar-refractivity contribution >= 4 is 62.4 Å². The second-order valence-electron chi connectivity index (χ2n) is 11.4. The van der Waals surface area contributed by atoms with Crippen molar-refractivity contribution in [2.45, 2.75) is 79.6 Å². The van der Waals surface area contributed by atoms with Crippen molar-refractivity contribution in [3.63, 3.8) is 0 Å². The third kappa shape index (κ3) is 5.64. The molecule has 2 aliphatic heterocycles. The van der Waals surface area contributed by atoms with Gasteiger partial charge in [0.1, 0.15) is 0 Å². The summed E-state index contributed by atoms with van der Waals surface area (Å²) in [5.74, 6) is -1.75. The number of carboxylic acids is 2. The molecule has 0 unspecified atom stereocenters. The second-order valence-corrected chi connectivity index (χ2v) is 11.4. The van der Waals surface area contributed by atoms with Crippen LogP contribution in [0.2, 0.25) is 0 Å². The maximum Gasteiger partial charge on any atom is 0.303 e. The lowest BCUT2D eigenvalue weighted by atomic mass is 9.98. The molecule has 0 amide bonds. The fraction of sp³-hybridized carbons (Fsp3) is 0.333. The number of rotatable bonds is 10. The molecule has 0 spiro atoms. The highest BCUT2D eigenvalue weighted by Gasteiger charge is 2.23. The first kappa shape index (κ1) is 30.7. The van der Waals surface area contributed by atoms with Gasteiger partial charge in [-0.2, -0.15) is 0 Å². The predicted molar refractivity (Wildman–Crippen MR) is 178 cm³/mol. The number of aliphatic carboxylic acids is 2. The highest BCUT2D eigenvalue weighted by Crippen LogP contribution is 2.38. The maximum absolute atomic E-state index is 11.6. The number of allylic oxidation sites excluding steroid dienone is 4. The van der Waals surface area contributed by atoms with E-state index < -0.39 is 11.9 Å². The third-order valence-electron chi connectivity index (χ3n) is 8.83. The predicted octanol–water partition coefficient (Wildman–Crippen LogP) is 8.24. The van der Waals surface area contributed by atoms with Crippen molar-refractivity contribution in [2.24, 2.45) is 0 Å². The molecule has 0 atom stereocenters. The minimum absolute atomic E-state index is 0.0205. The van der Waals surface area contributed by atoms with Crippen LogP contribution in [0.4, 0.5) is 0 Å². The number of carboxylic acid groups (broad SMARTS) is 2. The van der Waals surface area contributed by atoms with Crippen molar-refractivity contribution in [3.8, 4) is 0 Å². The van der Waals surface area contributed by atoms with Crippen LogP contribution in [-0.4, -0.2) is 42.1 Å². The number of nitrogens with one attached hydrogen (secondary N) is 2. The Morgan fingerprint density at radius 1 is 0.682 bits per heavy atom. The van der Waals surface area contributed by atoms with E-state index in [-0.39, 0.29) is 12.8 Å². The number of aromatic nitrogens is 4. The van der Waals surface area contributed by atoms with Crippen molar-refractivity contribution in [1.82, 2.24) is 19.9 Å². The minimum Gasteiger partial charge on any atom is -0.481 e. The van der Waals surface area contributed by atoms with E-state index in [2.05, 4.69) is 49.5 Å².